The third kappa shape index (κ3) is 4.15. The second-order valence-electron chi connectivity index (χ2n) is 4.72. The van der Waals surface area contributed by atoms with Crippen molar-refractivity contribution < 1.29 is 4.79 Å². The van der Waals surface area contributed by atoms with Crippen LogP contribution >= 0.6 is 11.8 Å². The summed E-state index contributed by atoms with van der Waals surface area (Å²) in [5.41, 5.74) is 0. The van der Waals surface area contributed by atoms with Crippen molar-refractivity contribution in [2.24, 2.45) is 5.92 Å². The zero-order valence-electron chi connectivity index (χ0n) is 10.1. The smallest absolute Gasteiger partial charge is 0.205 e. The number of hydrogen-bond donors (Lipinski definition) is 1. The third-order valence-corrected chi connectivity index (χ3v) is 3.75. The van der Waals surface area contributed by atoms with E-state index in [-0.39, 0.29) is 6.04 Å². The van der Waals surface area contributed by atoms with Crippen molar-refractivity contribution in [1.82, 2.24) is 5.32 Å². The van der Waals surface area contributed by atoms with Crippen molar-refractivity contribution in [3.63, 3.8) is 0 Å². The lowest BCUT2D eigenvalue weighted by Gasteiger charge is -2.30. The highest BCUT2D eigenvalue weighted by molar-refractivity contribution is 8.13. The first-order valence-electron chi connectivity index (χ1n) is 5.99. The molecule has 15 heavy (non-hydrogen) atoms. The molecule has 0 spiro atoms. The Balaban J connectivity index is 2.57. The summed E-state index contributed by atoms with van der Waals surface area (Å²) in [5.74, 6) is 0.570. The standard InChI is InChI=1S/C12H23NOS/c1-9(2)13-11(12(14)15-3)10-7-5-4-6-8-10/h9-11,13H,4-8H2,1-3H3/t11-/m0/s1. The molecule has 0 saturated heterocycles. The van der Waals surface area contributed by atoms with Crippen LogP contribution in [0.15, 0.2) is 0 Å². The Labute approximate surface area is 97.6 Å². The zero-order valence-corrected chi connectivity index (χ0v) is 10.9. The summed E-state index contributed by atoms with van der Waals surface area (Å²) >= 11 is 1.37. The Hall–Kier alpha value is -0.0200. The summed E-state index contributed by atoms with van der Waals surface area (Å²) in [6.45, 7) is 4.23. The van der Waals surface area contributed by atoms with Gasteiger partial charge in [-0.2, -0.15) is 0 Å². The Kier molecular flexibility index (Phi) is 5.69. The van der Waals surface area contributed by atoms with Crippen LogP contribution in [0.25, 0.3) is 0 Å². The third-order valence-electron chi connectivity index (χ3n) is 3.09. The van der Waals surface area contributed by atoms with Crippen LogP contribution in [-0.2, 0) is 4.79 Å². The first kappa shape index (κ1) is 13.0. The maximum atomic E-state index is 11.8. The molecular formula is C12H23NOS. The zero-order chi connectivity index (χ0) is 11.3. The molecule has 0 unspecified atom stereocenters. The molecule has 1 rings (SSSR count). The van der Waals surface area contributed by atoms with Crippen molar-refractivity contribution in [2.45, 2.75) is 58.0 Å². The van der Waals surface area contributed by atoms with E-state index in [1.807, 2.05) is 6.26 Å². The molecule has 1 N–H and O–H groups in total. The van der Waals surface area contributed by atoms with Gasteiger partial charge in [0, 0.05) is 6.04 Å². The summed E-state index contributed by atoms with van der Waals surface area (Å²) in [6, 6.07) is 0.480. The van der Waals surface area contributed by atoms with Crippen LogP contribution in [0.5, 0.6) is 0 Å². The molecule has 0 aliphatic heterocycles. The largest absolute Gasteiger partial charge is 0.304 e. The highest BCUT2D eigenvalue weighted by Crippen LogP contribution is 2.28. The van der Waals surface area contributed by atoms with Crippen molar-refractivity contribution in [2.75, 3.05) is 6.26 Å². The fraction of sp³-hybridized carbons (Fsp3) is 0.917. The van der Waals surface area contributed by atoms with Crippen LogP contribution < -0.4 is 5.32 Å². The molecule has 1 atom stereocenters. The van der Waals surface area contributed by atoms with Crippen LogP contribution in [0.2, 0.25) is 0 Å². The topological polar surface area (TPSA) is 29.1 Å². The van der Waals surface area contributed by atoms with E-state index in [1.165, 1.54) is 43.9 Å². The average Bonchev–Trinajstić information content (AvgIpc) is 2.26. The first-order chi connectivity index (χ1) is 7.15. The molecule has 1 aliphatic rings. The Morgan fingerprint density at radius 3 is 2.33 bits per heavy atom. The van der Waals surface area contributed by atoms with Crippen LogP contribution in [0.4, 0.5) is 0 Å². The second kappa shape index (κ2) is 6.54. The van der Waals surface area contributed by atoms with E-state index in [0.29, 0.717) is 17.1 Å². The van der Waals surface area contributed by atoms with Gasteiger partial charge in [-0.05, 0) is 25.0 Å². The number of rotatable bonds is 4. The summed E-state index contributed by atoms with van der Waals surface area (Å²) < 4.78 is 0. The predicted molar refractivity (Wildman–Crippen MR) is 67.2 cm³/mol. The van der Waals surface area contributed by atoms with E-state index in [9.17, 15) is 4.79 Å². The fourth-order valence-corrected chi connectivity index (χ4v) is 2.86. The molecule has 0 aromatic rings. The summed E-state index contributed by atoms with van der Waals surface area (Å²) in [7, 11) is 0. The molecule has 0 aromatic heterocycles. The predicted octanol–water partition coefficient (Wildman–Crippen LogP) is 2.82. The van der Waals surface area contributed by atoms with Crippen LogP contribution in [0.3, 0.4) is 0 Å². The SMILES string of the molecule is CSC(=O)[C@@H](NC(C)C)C1CCCCC1. The molecule has 0 amide bonds. The van der Waals surface area contributed by atoms with Gasteiger partial charge in [0.25, 0.3) is 0 Å². The first-order valence-corrected chi connectivity index (χ1v) is 7.21. The molecule has 1 fully saturated rings. The molecule has 0 heterocycles. The molecule has 2 nitrogen and oxygen atoms in total. The lowest BCUT2D eigenvalue weighted by atomic mass is 9.84. The van der Waals surface area contributed by atoms with Gasteiger partial charge in [0.2, 0.25) is 5.12 Å². The monoisotopic (exact) mass is 229 g/mol. The van der Waals surface area contributed by atoms with Gasteiger partial charge in [0.15, 0.2) is 0 Å². The van der Waals surface area contributed by atoms with Crippen molar-refractivity contribution >= 4 is 16.9 Å². The second-order valence-corrected chi connectivity index (χ2v) is 5.53. The minimum Gasteiger partial charge on any atom is -0.304 e. The van der Waals surface area contributed by atoms with E-state index in [2.05, 4.69) is 19.2 Å². The highest BCUT2D eigenvalue weighted by atomic mass is 32.2. The average molecular weight is 229 g/mol. The maximum absolute atomic E-state index is 11.8. The Morgan fingerprint density at radius 1 is 1.27 bits per heavy atom. The van der Waals surface area contributed by atoms with E-state index >= 15 is 0 Å². The lowest BCUT2D eigenvalue weighted by Crippen LogP contribution is -2.45. The van der Waals surface area contributed by atoms with E-state index in [4.69, 9.17) is 0 Å². The van der Waals surface area contributed by atoms with Crippen molar-refractivity contribution in [3.8, 4) is 0 Å². The van der Waals surface area contributed by atoms with Crippen LogP contribution in [0, 0.1) is 5.92 Å². The normalized spacial score (nSPS) is 20.5. The highest BCUT2D eigenvalue weighted by Gasteiger charge is 2.28. The summed E-state index contributed by atoms with van der Waals surface area (Å²) in [6.07, 6.45) is 8.26. The molecule has 3 heteroatoms. The van der Waals surface area contributed by atoms with Gasteiger partial charge in [-0.1, -0.05) is 44.9 Å². The van der Waals surface area contributed by atoms with Crippen molar-refractivity contribution in [1.29, 1.82) is 0 Å². The van der Waals surface area contributed by atoms with E-state index in [0.717, 1.165) is 0 Å². The van der Waals surface area contributed by atoms with Gasteiger partial charge in [-0.25, -0.2) is 0 Å². The van der Waals surface area contributed by atoms with Gasteiger partial charge in [0.05, 0.1) is 6.04 Å². The quantitative estimate of drug-likeness (QED) is 0.803. The molecule has 0 bridgehead atoms. The van der Waals surface area contributed by atoms with Gasteiger partial charge < -0.3 is 5.32 Å². The lowest BCUT2D eigenvalue weighted by molar-refractivity contribution is -0.114. The molecule has 0 radical (unpaired) electrons. The molecule has 1 saturated carbocycles. The number of nitrogens with one attached hydrogen (secondary N) is 1. The number of carbonyl (C=O) groups excluding carboxylic acids is 1. The Morgan fingerprint density at radius 2 is 1.87 bits per heavy atom. The number of thioether (sulfide) groups is 1. The number of carbonyl (C=O) groups is 1. The van der Waals surface area contributed by atoms with E-state index in [1.54, 1.807) is 0 Å². The minimum atomic E-state index is 0.0836. The van der Waals surface area contributed by atoms with Crippen molar-refractivity contribution in [3.05, 3.63) is 0 Å². The minimum absolute atomic E-state index is 0.0836. The summed E-state index contributed by atoms with van der Waals surface area (Å²) in [4.78, 5) is 11.8. The van der Waals surface area contributed by atoms with Gasteiger partial charge >= 0.3 is 0 Å². The van der Waals surface area contributed by atoms with Crippen LogP contribution in [-0.4, -0.2) is 23.5 Å². The fourth-order valence-electron chi connectivity index (χ4n) is 2.35. The van der Waals surface area contributed by atoms with Gasteiger partial charge in [-0.3, -0.25) is 4.79 Å². The van der Waals surface area contributed by atoms with Crippen LogP contribution in [0.1, 0.15) is 46.0 Å². The number of hydrogen-bond acceptors (Lipinski definition) is 3. The van der Waals surface area contributed by atoms with Gasteiger partial charge in [0.1, 0.15) is 0 Å². The molecular weight excluding hydrogens is 206 g/mol. The Bertz CT molecular complexity index is 200. The molecule has 88 valence electrons. The van der Waals surface area contributed by atoms with Gasteiger partial charge in [-0.15, -0.1) is 0 Å². The molecule has 1 aliphatic carbocycles. The molecule has 0 aromatic carbocycles. The maximum Gasteiger partial charge on any atom is 0.205 e. The summed E-state index contributed by atoms with van der Waals surface area (Å²) in [5, 5.41) is 3.75. The van der Waals surface area contributed by atoms with E-state index < -0.39 is 0 Å².